The lowest BCUT2D eigenvalue weighted by Crippen LogP contribution is -2.31. The van der Waals surface area contributed by atoms with Crippen molar-refractivity contribution in [3.05, 3.63) is 53.6 Å². The Labute approximate surface area is 196 Å². The number of likely N-dealkylation sites (tertiary alicyclic amines) is 1. The topological polar surface area (TPSA) is 94.3 Å². The summed E-state index contributed by atoms with van der Waals surface area (Å²) in [7, 11) is 1.62. The summed E-state index contributed by atoms with van der Waals surface area (Å²) in [6.45, 7) is 8.40. The van der Waals surface area contributed by atoms with Crippen LogP contribution >= 0.6 is 0 Å². The summed E-state index contributed by atoms with van der Waals surface area (Å²) in [4.78, 5) is 13.6. The average Bonchev–Trinajstić information content (AvgIpc) is 2.94. The van der Waals surface area contributed by atoms with Crippen molar-refractivity contribution in [1.82, 2.24) is 4.90 Å². The maximum atomic E-state index is 11.3. The van der Waals surface area contributed by atoms with Gasteiger partial charge in [0.2, 0.25) is 0 Å². The van der Waals surface area contributed by atoms with Crippen molar-refractivity contribution < 1.29 is 24.1 Å². The summed E-state index contributed by atoms with van der Waals surface area (Å²) >= 11 is 0. The van der Waals surface area contributed by atoms with Gasteiger partial charge in [0.25, 0.3) is 5.91 Å². The number of carbonyl (C=O) groups excluding carboxylic acids is 1. The molecule has 2 aromatic carbocycles. The van der Waals surface area contributed by atoms with Gasteiger partial charge in [0.1, 0.15) is 23.4 Å². The zero-order chi connectivity index (χ0) is 24.0. The lowest BCUT2D eigenvalue weighted by molar-refractivity contribution is -0.119. The molecule has 3 rings (SSSR count). The minimum absolute atomic E-state index is 0.0409. The highest BCUT2D eigenvalue weighted by Gasteiger charge is 2.27. The minimum Gasteiger partial charge on any atom is -0.497 e. The van der Waals surface area contributed by atoms with Gasteiger partial charge < -0.3 is 25.1 Å². The average molecular weight is 457 g/mol. The lowest BCUT2D eigenvalue weighted by Gasteiger charge is -2.24. The summed E-state index contributed by atoms with van der Waals surface area (Å²) in [5.41, 5.74) is 7.39. The number of methoxy groups -OCH3 is 1. The number of hydrogen-bond acceptors (Lipinski definition) is 6. The molecule has 7 nitrogen and oxygen atoms in total. The van der Waals surface area contributed by atoms with Gasteiger partial charge in [0.05, 0.1) is 13.2 Å². The number of ether oxygens (including phenoxy) is 3. The number of nitrogens with zero attached hydrogens (tertiary/aromatic N) is 1. The highest BCUT2D eigenvalue weighted by atomic mass is 16.5. The predicted molar refractivity (Wildman–Crippen MR) is 128 cm³/mol. The van der Waals surface area contributed by atoms with Gasteiger partial charge in [0.15, 0.2) is 6.61 Å². The van der Waals surface area contributed by atoms with Gasteiger partial charge in [-0.25, -0.2) is 0 Å². The van der Waals surface area contributed by atoms with E-state index in [-0.39, 0.29) is 18.1 Å². The fourth-order valence-corrected chi connectivity index (χ4v) is 3.94. The van der Waals surface area contributed by atoms with Crippen molar-refractivity contribution in [2.45, 2.75) is 57.8 Å². The summed E-state index contributed by atoms with van der Waals surface area (Å²) in [5, 5.41) is 10.7. The Balaban J connectivity index is 1.70. The second-order valence-corrected chi connectivity index (χ2v) is 9.58. The normalized spacial score (nSPS) is 19.5. The molecule has 0 bridgehead atoms. The van der Waals surface area contributed by atoms with Gasteiger partial charge in [-0.1, -0.05) is 39.0 Å². The number of benzene rings is 2. The van der Waals surface area contributed by atoms with Crippen LogP contribution in [0.2, 0.25) is 0 Å². The molecular formula is C26H36N2O5. The van der Waals surface area contributed by atoms with Crippen LogP contribution in [0.25, 0.3) is 0 Å². The smallest absolute Gasteiger partial charge is 0.255 e. The van der Waals surface area contributed by atoms with E-state index in [0.717, 1.165) is 30.0 Å². The Hall–Kier alpha value is -2.77. The van der Waals surface area contributed by atoms with E-state index in [0.29, 0.717) is 30.9 Å². The molecule has 180 valence electrons. The monoisotopic (exact) mass is 456 g/mol. The van der Waals surface area contributed by atoms with E-state index in [4.69, 9.17) is 19.9 Å². The molecular weight excluding hydrogens is 420 g/mol. The Bertz CT molecular complexity index is 941. The van der Waals surface area contributed by atoms with Gasteiger partial charge in [-0.05, 0) is 42.0 Å². The molecule has 1 saturated heterocycles. The molecule has 0 aliphatic carbocycles. The summed E-state index contributed by atoms with van der Waals surface area (Å²) < 4.78 is 17.1. The zero-order valence-electron chi connectivity index (χ0n) is 20.0. The van der Waals surface area contributed by atoms with E-state index >= 15 is 0 Å². The number of aliphatic hydroxyl groups is 1. The molecule has 1 amide bonds. The second-order valence-electron chi connectivity index (χ2n) is 9.58. The first-order valence-electron chi connectivity index (χ1n) is 11.4. The fraction of sp³-hybridized carbons (Fsp3) is 0.500. The third-order valence-corrected chi connectivity index (χ3v) is 5.93. The van der Waals surface area contributed by atoms with Gasteiger partial charge in [-0.2, -0.15) is 0 Å². The SMILES string of the molecule is COc1cccc(O[C@H]2CCN(Cc3ccc(C(C)(C)C)cc3OCC(N)=O)CC[C@@H]2O)c1. The number of amides is 1. The molecule has 3 N–H and O–H groups in total. The molecule has 0 aromatic heterocycles. The van der Waals surface area contributed by atoms with Crippen molar-refractivity contribution in [1.29, 1.82) is 0 Å². The molecule has 0 spiro atoms. The Morgan fingerprint density at radius 2 is 1.85 bits per heavy atom. The van der Waals surface area contributed by atoms with Crippen LogP contribution in [0.1, 0.15) is 44.7 Å². The van der Waals surface area contributed by atoms with Crippen molar-refractivity contribution in [3.63, 3.8) is 0 Å². The zero-order valence-corrected chi connectivity index (χ0v) is 20.0. The van der Waals surface area contributed by atoms with E-state index in [1.807, 2.05) is 30.3 Å². The summed E-state index contributed by atoms with van der Waals surface area (Å²) in [5.74, 6) is 1.58. The first-order valence-corrected chi connectivity index (χ1v) is 11.4. The molecule has 2 aromatic rings. The third-order valence-electron chi connectivity index (χ3n) is 5.93. The number of nitrogens with two attached hydrogens (primary N) is 1. The van der Waals surface area contributed by atoms with Gasteiger partial charge >= 0.3 is 0 Å². The molecule has 0 radical (unpaired) electrons. The van der Waals surface area contributed by atoms with Crippen LogP contribution in [0.3, 0.4) is 0 Å². The van der Waals surface area contributed by atoms with E-state index in [2.05, 4.69) is 37.8 Å². The maximum absolute atomic E-state index is 11.3. The van der Waals surface area contributed by atoms with Crippen molar-refractivity contribution >= 4 is 5.91 Å². The Morgan fingerprint density at radius 1 is 1.12 bits per heavy atom. The highest BCUT2D eigenvalue weighted by Crippen LogP contribution is 2.30. The third kappa shape index (κ3) is 7.11. The van der Waals surface area contributed by atoms with Crippen molar-refractivity contribution in [3.8, 4) is 17.2 Å². The standard InChI is InChI=1S/C26H36N2O5/c1-26(2,3)19-9-8-18(24(14-19)32-17-25(27)30)16-28-12-10-22(29)23(11-13-28)33-21-7-5-6-20(15-21)31-4/h5-9,14-15,22-23,29H,10-13,16-17H2,1-4H3,(H2,27,30)/t22-,23-/m0/s1. The largest absolute Gasteiger partial charge is 0.497 e. The molecule has 0 unspecified atom stereocenters. The van der Waals surface area contributed by atoms with Crippen LogP contribution in [0.15, 0.2) is 42.5 Å². The first kappa shape index (κ1) is 24.9. The van der Waals surface area contributed by atoms with Crippen molar-refractivity contribution in [2.24, 2.45) is 5.73 Å². The fourth-order valence-electron chi connectivity index (χ4n) is 3.94. The van der Waals surface area contributed by atoms with Crippen LogP contribution in [-0.4, -0.2) is 54.9 Å². The summed E-state index contributed by atoms with van der Waals surface area (Å²) in [6.07, 6.45) is 0.438. The minimum atomic E-state index is -0.560. The van der Waals surface area contributed by atoms with Crippen LogP contribution in [0.5, 0.6) is 17.2 Å². The molecule has 1 aliphatic rings. The Kier molecular flexibility index (Phi) is 8.21. The lowest BCUT2D eigenvalue weighted by atomic mass is 9.86. The summed E-state index contributed by atoms with van der Waals surface area (Å²) in [6, 6.07) is 13.6. The molecule has 7 heteroatoms. The van der Waals surface area contributed by atoms with E-state index in [9.17, 15) is 9.90 Å². The van der Waals surface area contributed by atoms with Crippen molar-refractivity contribution in [2.75, 3.05) is 26.8 Å². The van der Waals surface area contributed by atoms with Crippen LogP contribution < -0.4 is 19.9 Å². The molecule has 1 aliphatic heterocycles. The first-order chi connectivity index (χ1) is 15.7. The van der Waals surface area contributed by atoms with Gasteiger partial charge in [0, 0.05) is 31.3 Å². The van der Waals surface area contributed by atoms with Gasteiger partial charge in [-0.15, -0.1) is 0 Å². The number of primary amides is 1. The molecule has 1 heterocycles. The quantitative estimate of drug-likeness (QED) is 0.633. The molecule has 33 heavy (non-hydrogen) atoms. The predicted octanol–water partition coefficient (Wildman–Crippen LogP) is 3.26. The highest BCUT2D eigenvalue weighted by molar-refractivity contribution is 5.75. The van der Waals surface area contributed by atoms with E-state index in [1.54, 1.807) is 7.11 Å². The number of rotatable bonds is 8. The van der Waals surface area contributed by atoms with Crippen LogP contribution in [-0.2, 0) is 16.8 Å². The van der Waals surface area contributed by atoms with Crippen LogP contribution in [0, 0.1) is 0 Å². The second kappa shape index (κ2) is 10.9. The molecule has 1 fully saturated rings. The van der Waals surface area contributed by atoms with E-state index in [1.165, 1.54) is 0 Å². The molecule has 0 saturated carbocycles. The van der Waals surface area contributed by atoms with Gasteiger partial charge in [-0.3, -0.25) is 9.69 Å². The van der Waals surface area contributed by atoms with Crippen LogP contribution in [0.4, 0.5) is 0 Å². The molecule has 2 atom stereocenters. The van der Waals surface area contributed by atoms with E-state index < -0.39 is 12.0 Å². The number of aliphatic hydroxyl groups excluding tert-OH is 1. The Morgan fingerprint density at radius 3 is 2.55 bits per heavy atom. The maximum Gasteiger partial charge on any atom is 0.255 e. The number of hydrogen-bond donors (Lipinski definition) is 2. The number of carbonyl (C=O) groups is 1.